The average molecular weight is 516 g/mol. The molecule has 0 bridgehead atoms. The number of hydrazine groups is 1. The van der Waals surface area contributed by atoms with Gasteiger partial charge in [-0.2, -0.15) is 0 Å². The van der Waals surface area contributed by atoms with Gasteiger partial charge in [0, 0.05) is 11.3 Å². The van der Waals surface area contributed by atoms with Crippen molar-refractivity contribution in [2.75, 3.05) is 16.9 Å². The SMILES string of the molecule is CCC(C)(C)c1ccc(OCC(=O)Nc2ccc(N3NC(=O)/C(=C/[O-])C3=O)cc2)c(C(C)(C)CC)c1.[Na+]. The average Bonchev–Trinajstić information content (AvgIpc) is 3.15. The number of nitrogens with one attached hydrogen (secondary N) is 2. The summed E-state index contributed by atoms with van der Waals surface area (Å²) in [6.45, 7) is 12.9. The van der Waals surface area contributed by atoms with Crippen LogP contribution in [0.15, 0.2) is 54.3 Å². The van der Waals surface area contributed by atoms with Crippen LogP contribution in [0.4, 0.5) is 11.4 Å². The second-order valence-electron chi connectivity index (χ2n) is 10.2. The molecule has 9 heteroatoms. The zero-order valence-electron chi connectivity index (χ0n) is 22.7. The molecule has 192 valence electrons. The van der Waals surface area contributed by atoms with Crippen molar-refractivity contribution >= 4 is 29.1 Å². The van der Waals surface area contributed by atoms with E-state index in [-0.39, 0.29) is 59.2 Å². The third-order valence-corrected chi connectivity index (χ3v) is 7.04. The van der Waals surface area contributed by atoms with Gasteiger partial charge in [0.05, 0.1) is 11.3 Å². The molecular weight excluding hydrogens is 481 g/mol. The molecule has 1 fully saturated rings. The van der Waals surface area contributed by atoms with E-state index in [2.05, 4.69) is 64.4 Å². The van der Waals surface area contributed by atoms with Gasteiger partial charge in [-0.3, -0.25) is 19.8 Å². The molecule has 0 spiro atoms. The molecule has 0 saturated carbocycles. The van der Waals surface area contributed by atoms with Crippen LogP contribution in [0.2, 0.25) is 0 Å². The molecule has 3 amide bonds. The van der Waals surface area contributed by atoms with Gasteiger partial charge < -0.3 is 15.2 Å². The van der Waals surface area contributed by atoms with Crippen LogP contribution in [0.25, 0.3) is 0 Å². The number of amides is 3. The smallest absolute Gasteiger partial charge is 0.877 e. The maximum atomic E-state index is 12.6. The van der Waals surface area contributed by atoms with Crippen LogP contribution in [0, 0.1) is 0 Å². The molecule has 37 heavy (non-hydrogen) atoms. The Balaban J connectivity index is 0.00000481. The summed E-state index contributed by atoms with van der Waals surface area (Å²) in [5.41, 5.74) is 4.96. The number of rotatable bonds is 9. The van der Waals surface area contributed by atoms with E-state index in [1.54, 1.807) is 24.3 Å². The Morgan fingerprint density at radius 2 is 1.65 bits per heavy atom. The molecule has 1 heterocycles. The minimum absolute atomic E-state index is 0. The second kappa shape index (κ2) is 12.2. The fourth-order valence-electron chi connectivity index (χ4n) is 3.75. The van der Waals surface area contributed by atoms with Gasteiger partial charge in [-0.15, -0.1) is 6.26 Å². The molecule has 8 nitrogen and oxygen atoms in total. The van der Waals surface area contributed by atoms with Gasteiger partial charge in [0.25, 0.3) is 17.7 Å². The fourth-order valence-corrected chi connectivity index (χ4v) is 3.75. The summed E-state index contributed by atoms with van der Waals surface area (Å²) in [5, 5.41) is 14.7. The van der Waals surface area contributed by atoms with Crippen molar-refractivity contribution in [1.82, 2.24) is 5.43 Å². The summed E-state index contributed by atoms with van der Waals surface area (Å²) >= 11 is 0. The number of benzene rings is 2. The van der Waals surface area contributed by atoms with Gasteiger partial charge in [0.15, 0.2) is 6.61 Å². The van der Waals surface area contributed by atoms with E-state index in [4.69, 9.17) is 4.74 Å². The summed E-state index contributed by atoms with van der Waals surface area (Å²) < 4.78 is 5.97. The van der Waals surface area contributed by atoms with E-state index >= 15 is 0 Å². The first-order valence-corrected chi connectivity index (χ1v) is 12.1. The molecule has 0 aromatic heterocycles. The van der Waals surface area contributed by atoms with Gasteiger partial charge in [-0.25, -0.2) is 5.01 Å². The van der Waals surface area contributed by atoms with Crippen LogP contribution in [-0.4, -0.2) is 24.3 Å². The van der Waals surface area contributed by atoms with Crippen LogP contribution >= 0.6 is 0 Å². The first-order valence-electron chi connectivity index (χ1n) is 12.1. The van der Waals surface area contributed by atoms with Gasteiger partial charge in [-0.05, 0) is 59.6 Å². The van der Waals surface area contributed by atoms with Crippen molar-refractivity contribution in [2.24, 2.45) is 0 Å². The Morgan fingerprint density at radius 1 is 1.03 bits per heavy atom. The van der Waals surface area contributed by atoms with E-state index in [9.17, 15) is 19.5 Å². The third-order valence-electron chi connectivity index (χ3n) is 7.04. The van der Waals surface area contributed by atoms with Crippen LogP contribution in [-0.2, 0) is 25.2 Å². The predicted molar refractivity (Wildman–Crippen MR) is 137 cm³/mol. The quantitative estimate of drug-likeness (QED) is 0.221. The van der Waals surface area contributed by atoms with Crippen molar-refractivity contribution < 1.29 is 53.8 Å². The molecule has 2 N–H and O–H groups in total. The summed E-state index contributed by atoms with van der Waals surface area (Å²) in [7, 11) is 0. The molecule has 3 rings (SSSR count). The molecular formula is C28H34N3NaO5. The van der Waals surface area contributed by atoms with Crippen LogP contribution in [0.1, 0.15) is 65.5 Å². The maximum Gasteiger partial charge on any atom is 1.00 e. The predicted octanol–water partition coefficient (Wildman–Crippen LogP) is 0.705. The number of hydrogen-bond acceptors (Lipinski definition) is 5. The second-order valence-corrected chi connectivity index (χ2v) is 10.2. The molecule has 0 unspecified atom stereocenters. The minimum Gasteiger partial charge on any atom is -0.877 e. The van der Waals surface area contributed by atoms with E-state index in [0.29, 0.717) is 17.1 Å². The monoisotopic (exact) mass is 515 g/mol. The topological polar surface area (TPSA) is 111 Å². The first kappa shape index (κ1) is 30.4. The van der Waals surface area contributed by atoms with Gasteiger partial charge in [0.2, 0.25) is 0 Å². The van der Waals surface area contributed by atoms with Crippen molar-refractivity contribution in [3.05, 3.63) is 65.4 Å². The van der Waals surface area contributed by atoms with E-state index in [0.717, 1.165) is 23.4 Å². The number of carbonyl (C=O) groups excluding carboxylic acids is 3. The Kier molecular flexibility index (Phi) is 9.99. The molecule has 0 atom stereocenters. The molecule has 0 aliphatic carbocycles. The van der Waals surface area contributed by atoms with Crippen LogP contribution in [0.3, 0.4) is 0 Å². The molecule has 1 aliphatic rings. The van der Waals surface area contributed by atoms with Crippen LogP contribution in [0.5, 0.6) is 5.75 Å². The normalized spacial score (nSPS) is 14.9. The largest absolute Gasteiger partial charge is 1.00 e. The standard InChI is InChI=1S/C28H35N3O5.Na/c1-7-27(3,4)18-9-14-23(22(15-18)28(5,6)8-2)36-17-24(33)29-19-10-12-20(13-11-19)31-26(35)21(16-32)25(34)30-31;/h9-16,32H,7-8,17H2,1-6H3,(H,29,33)(H,30,34);/q;+1/p-1/b21-16-;. The number of nitrogens with zero attached hydrogens (tertiary/aromatic N) is 1. The summed E-state index contributed by atoms with van der Waals surface area (Å²) in [4.78, 5) is 36.4. The summed E-state index contributed by atoms with van der Waals surface area (Å²) in [6, 6.07) is 12.5. The third kappa shape index (κ3) is 6.74. The maximum absolute atomic E-state index is 12.6. The van der Waals surface area contributed by atoms with Crippen molar-refractivity contribution in [3.8, 4) is 5.75 Å². The number of ether oxygens (including phenoxy) is 1. The van der Waals surface area contributed by atoms with Gasteiger partial charge >= 0.3 is 29.6 Å². The Labute approximate surface area is 240 Å². The van der Waals surface area contributed by atoms with E-state index in [1.807, 2.05) is 6.07 Å². The van der Waals surface area contributed by atoms with E-state index in [1.165, 1.54) is 5.56 Å². The first-order chi connectivity index (χ1) is 16.9. The van der Waals surface area contributed by atoms with Crippen LogP contribution < -0.4 is 55.2 Å². The van der Waals surface area contributed by atoms with Crippen molar-refractivity contribution in [3.63, 3.8) is 0 Å². The zero-order chi connectivity index (χ0) is 26.7. The zero-order valence-corrected chi connectivity index (χ0v) is 24.7. The number of carbonyl (C=O) groups is 3. The Hall–Kier alpha value is -2.81. The minimum atomic E-state index is -0.749. The molecule has 1 saturated heterocycles. The summed E-state index contributed by atoms with van der Waals surface area (Å²) in [5.74, 6) is -1.11. The Morgan fingerprint density at radius 3 is 2.19 bits per heavy atom. The van der Waals surface area contributed by atoms with Crippen molar-refractivity contribution in [1.29, 1.82) is 0 Å². The Bertz CT molecular complexity index is 1190. The fraction of sp³-hybridized carbons (Fsp3) is 0.393. The molecule has 2 aromatic rings. The summed E-state index contributed by atoms with van der Waals surface area (Å²) in [6.07, 6.45) is 2.16. The van der Waals surface area contributed by atoms with Crippen molar-refractivity contribution in [2.45, 2.75) is 65.2 Å². The van der Waals surface area contributed by atoms with Gasteiger partial charge in [0.1, 0.15) is 5.75 Å². The number of anilines is 2. The molecule has 2 aromatic carbocycles. The molecule has 1 aliphatic heterocycles. The molecule has 0 radical (unpaired) electrons. The number of hydrogen-bond donors (Lipinski definition) is 2. The van der Waals surface area contributed by atoms with E-state index < -0.39 is 17.4 Å². The van der Waals surface area contributed by atoms with Gasteiger partial charge in [-0.1, -0.05) is 53.7 Å².